The lowest BCUT2D eigenvalue weighted by Gasteiger charge is -2.12. The summed E-state index contributed by atoms with van der Waals surface area (Å²) in [4.78, 5) is 4.19. The zero-order valence-corrected chi connectivity index (χ0v) is 12.9. The number of aryl methyl sites for hydroxylation is 1. The second-order valence-corrected chi connectivity index (χ2v) is 5.30. The minimum Gasteiger partial charge on any atom is -0.491 e. The van der Waals surface area contributed by atoms with E-state index in [4.69, 9.17) is 4.74 Å². The van der Waals surface area contributed by atoms with Crippen LogP contribution < -0.4 is 4.74 Å². The molecule has 108 valence electrons. The van der Waals surface area contributed by atoms with Gasteiger partial charge in [0.15, 0.2) is 0 Å². The first-order valence-corrected chi connectivity index (χ1v) is 7.14. The van der Waals surface area contributed by atoms with Crippen molar-refractivity contribution in [2.75, 3.05) is 12.4 Å². The Kier molecular flexibility index (Phi) is 7.44. The van der Waals surface area contributed by atoms with Crippen LogP contribution in [0.25, 0.3) is 0 Å². The molecule has 2 aromatic rings. The van der Waals surface area contributed by atoms with Gasteiger partial charge in [0.25, 0.3) is 0 Å². The Bertz CT molecular complexity index is 510. The summed E-state index contributed by atoms with van der Waals surface area (Å²) in [6.07, 6.45) is 1.24. The quantitative estimate of drug-likeness (QED) is 0.831. The molecule has 0 bridgehead atoms. The number of aliphatic hydroxyl groups excluding tert-OH is 1. The zero-order chi connectivity index (χ0) is 13.5. The summed E-state index contributed by atoms with van der Waals surface area (Å²) in [7, 11) is 0. The lowest BCUT2D eigenvalue weighted by Crippen LogP contribution is -2.20. The highest BCUT2D eigenvalue weighted by molar-refractivity contribution is 7.99. The van der Waals surface area contributed by atoms with E-state index in [0.29, 0.717) is 12.4 Å². The summed E-state index contributed by atoms with van der Waals surface area (Å²) in [5.41, 5.74) is 1.15. The summed E-state index contributed by atoms with van der Waals surface area (Å²) >= 11 is 1.53. The Morgan fingerprint density at radius 3 is 2.80 bits per heavy atom. The van der Waals surface area contributed by atoms with Gasteiger partial charge in [-0.25, -0.2) is 4.98 Å². The molecule has 1 aromatic carbocycles. The van der Waals surface area contributed by atoms with E-state index in [0.717, 1.165) is 16.3 Å². The molecule has 0 saturated carbocycles. The van der Waals surface area contributed by atoms with Crippen molar-refractivity contribution >= 4 is 24.2 Å². The topological polar surface area (TPSA) is 42.4 Å². The predicted molar refractivity (Wildman–Crippen MR) is 84.9 cm³/mol. The second-order valence-electron chi connectivity index (χ2n) is 4.26. The van der Waals surface area contributed by atoms with Crippen LogP contribution in [0.1, 0.15) is 5.56 Å². The molecule has 0 aliphatic carbocycles. The molecular formula is C15H18ClNO2S. The summed E-state index contributed by atoms with van der Waals surface area (Å²) in [5, 5.41) is 10.8. The number of benzene rings is 1. The smallest absolute Gasteiger partial charge is 0.119 e. The zero-order valence-electron chi connectivity index (χ0n) is 11.2. The van der Waals surface area contributed by atoms with E-state index >= 15 is 0 Å². The van der Waals surface area contributed by atoms with Gasteiger partial charge >= 0.3 is 0 Å². The Morgan fingerprint density at radius 2 is 2.10 bits per heavy atom. The standard InChI is InChI=1S/C15H17NO2S.ClH/c1-12-5-4-6-14(9-12)18-10-13(17)11-19-15-7-2-3-8-16-15;/h2-9,13,17H,10-11H2,1H3;1H. The molecule has 3 nitrogen and oxygen atoms in total. The van der Waals surface area contributed by atoms with Crippen LogP contribution in [0.5, 0.6) is 5.75 Å². The van der Waals surface area contributed by atoms with Crippen LogP contribution in [0, 0.1) is 6.92 Å². The molecule has 1 unspecified atom stereocenters. The molecule has 0 aliphatic rings. The Hall–Kier alpha value is -1.23. The van der Waals surface area contributed by atoms with Crippen LogP contribution in [-0.4, -0.2) is 28.6 Å². The van der Waals surface area contributed by atoms with Crippen LogP contribution in [0.15, 0.2) is 53.7 Å². The summed E-state index contributed by atoms with van der Waals surface area (Å²) in [6.45, 7) is 2.31. The molecule has 1 N–H and O–H groups in total. The van der Waals surface area contributed by atoms with E-state index in [-0.39, 0.29) is 12.4 Å². The van der Waals surface area contributed by atoms with Crippen molar-refractivity contribution in [1.82, 2.24) is 4.98 Å². The highest BCUT2D eigenvalue weighted by Crippen LogP contribution is 2.16. The van der Waals surface area contributed by atoms with Crippen molar-refractivity contribution in [2.45, 2.75) is 18.1 Å². The van der Waals surface area contributed by atoms with Gasteiger partial charge in [0.1, 0.15) is 12.4 Å². The molecule has 1 atom stereocenters. The van der Waals surface area contributed by atoms with Gasteiger partial charge in [0.2, 0.25) is 0 Å². The number of ether oxygens (including phenoxy) is 1. The number of rotatable bonds is 6. The first-order chi connectivity index (χ1) is 9.24. The van der Waals surface area contributed by atoms with Crippen molar-refractivity contribution in [1.29, 1.82) is 0 Å². The average molecular weight is 312 g/mol. The molecular weight excluding hydrogens is 294 g/mol. The molecule has 2 rings (SSSR count). The summed E-state index contributed by atoms with van der Waals surface area (Å²) in [6, 6.07) is 13.6. The third kappa shape index (κ3) is 5.82. The predicted octanol–water partition coefficient (Wildman–Crippen LogP) is 3.34. The maximum Gasteiger partial charge on any atom is 0.119 e. The number of aliphatic hydroxyl groups is 1. The Labute approximate surface area is 129 Å². The van der Waals surface area contributed by atoms with Crippen molar-refractivity contribution in [3.8, 4) is 5.75 Å². The second kappa shape index (κ2) is 8.84. The number of pyridine rings is 1. The minimum atomic E-state index is -0.507. The van der Waals surface area contributed by atoms with Gasteiger partial charge in [-0.3, -0.25) is 0 Å². The normalized spacial score (nSPS) is 11.5. The number of hydrogen-bond acceptors (Lipinski definition) is 4. The van der Waals surface area contributed by atoms with E-state index in [1.54, 1.807) is 6.20 Å². The molecule has 0 amide bonds. The van der Waals surface area contributed by atoms with Crippen molar-refractivity contribution in [3.63, 3.8) is 0 Å². The molecule has 0 spiro atoms. The minimum absolute atomic E-state index is 0. The number of halogens is 1. The monoisotopic (exact) mass is 311 g/mol. The Morgan fingerprint density at radius 1 is 1.25 bits per heavy atom. The number of hydrogen-bond donors (Lipinski definition) is 1. The molecule has 0 radical (unpaired) electrons. The first-order valence-electron chi connectivity index (χ1n) is 6.15. The molecule has 1 aromatic heterocycles. The number of nitrogens with zero attached hydrogens (tertiary/aromatic N) is 1. The third-order valence-electron chi connectivity index (χ3n) is 2.49. The lowest BCUT2D eigenvalue weighted by atomic mass is 10.2. The van der Waals surface area contributed by atoms with Gasteiger partial charge in [-0.2, -0.15) is 0 Å². The van der Waals surface area contributed by atoms with Gasteiger partial charge in [-0.15, -0.1) is 24.2 Å². The van der Waals surface area contributed by atoms with Gasteiger partial charge < -0.3 is 9.84 Å². The Balaban J connectivity index is 0.00000200. The van der Waals surface area contributed by atoms with E-state index in [9.17, 15) is 5.11 Å². The average Bonchev–Trinajstić information content (AvgIpc) is 2.44. The van der Waals surface area contributed by atoms with Crippen molar-refractivity contribution in [2.24, 2.45) is 0 Å². The lowest BCUT2D eigenvalue weighted by molar-refractivity contribution is 0.126. The van der Waals surface area contributed by atoms with E-state index in [2.05, 4.69) is 4.98 Å². The number of aromatic nitrogens is 1. The molecule has 20 heavy (non-hydrogen) atoms. The largest absolute Gasteiger partial charge is 0.491 e. The van der Waals surface area contributed by atoms with Crippen LogP contribution in [0.4, 0.5) is 0 Å². The van der Waals surface area contributed by atoms with E-state index in [1.807, 2.05) is 49.4 Å². The van der Waals surface area contributed by atoms with Crippen LogP contribution >= 0.6 is 24.2 Å². The fraction of sp³-hybridized carbons (Fsp3) is 0.267. The van der Waals surface area contributed by atoms with Crippen LogP contribution in [0.2, 0.25) is 0 Å². The SMILES string of the molecule is Cc1cccc(OCC(O)CSc2ccccn2)c1.Cl. The van der Waals surface area contributed by atoms with Gasteiger partial charge in [-0.05, 0) is 36.8 Å². The maximum absolute atomic E-state index is 9.87. The van der Waals surface area contributed by atoms with Crippen molar-refractivity contribution in [3.05, 3.63) is 54.2 Å². The first kappa shape index (κ1) is 16.8. The van der Waals surface area contributed by atoms with E-state index in [1.165, 1.54) is 11.8 Å². The van der Waals surface area contributed by atoms with Crippen LogP contribution in [0.3, 0.4) is 0 Å². The fourth-order valence-corrected chi connectivity index (χ4v) is 2.33. The third-order valence-corrected chi connectivity index (χ3v) is 3.58. The molecule has 5 heteroatoms. The maximum atomic E-state index is 9.87. The fourth-order valence-electron chi connectivity index (χ4n) is 1.56. The molecule has 0 fully saturated rings. The molecule has 1 heterocycles. The summed E-state index contributed by atoms with van der Waals surface area (Å²) in [5.74, 6) is 1.37. The van der Waals surface area contributed by atoms with Gasteiger partial charge in [0, 0.05) is 11.9 Å². The summed E-state index contributed by atoms with van der Waals surface area (Å²) < 4.78 is 5.55. The molecule has 0 aliphatic heterocycles. The highest BCUT2D eigenvalue weighted by atomic mass is 35.5. The molecule has 0 saturated heterocycles. The van der Waals surface area contributed by atoms with Gasteiger partial charge in [-0.1, -0.05) is 18.2 Å². The highest BCUT2D eigenvalue weighted by Gasteiger charge is 2.07. The van der Waals surface area contributed by atoms with Gasteiger partial charge in [0.05, 0.1) is 11.1 Å². The number of thioether (sulfide) groups is 1. The van der Waals surface area contributed by atoms with E-state index < -0.39 is 6.10 Å². The van der Waals surface area contributed by atoms with Crippen molar-refractivity contribution < 1.29 is 9.84 Å². The van der Waals surface area contributed by atoms with Crippen LogP contribution in [-0.2, 0) is 0 Å².